The predicted octanol–water partition coefficient (Wildman–Crippen LogP) is 2.99. The normalized spacial score (nSPS) is 11.7. The predicted molar refractivity (Wildman–Crippen MR) is 93.0 cm³/mol. The van der Waals surface area contributed by atoms with Crippen LogP contribution in [-0.2, 0) is 22.1 Å². The van der Waals surface area contributed by atoms with Crippen molar-refractivity contribution in [3.8, 4) is 5.75 Å². The van der Waals surface area contributed by atoms with Crippen molar-refractivity contribution in [1.82, 2.24) is 14.5 Å². The Morgan fingerprint density at radius 2 is 1.88 bits per heavy atom. The Kier molecular flexibility index (Phi) is 5.64. The van der Waals surface area contributed by atoms with Gasteiger partial charge in [0, 0.05) is 30.1 Å². The van der Waals surface area contributed by atoms with Crippen molar-refractivity contribution >= 4 is 9.84 Å². The lowest BCUT2D eigenvalue weighted by molar-refractivity contribution is 0.413. The standard InChI is InChI=1S/C17H25N3O3S/c1-6-7-8-20-14(4)13(3)19-17(20)24(21,22)11-15-10-16(23-5)9-12(2)18-15/h9-10H,6-8,11H2,1-5H3. The second-order valence-electron chi connectivity index (χ2n) is 5.97. The van der Waals surface area contributed by atoms with Crippen LogP contribution in [-0.4, -0.2) is 30.1 Å². The van der Waals surface area contributed by atoms with Crippen molar-refractivity contribution in [2.24, 2.45) is 0 Å². The summed E-state index contributed by atoms with van der Waals surface area (Å²) in [6.07, 6.45) is 1.91. The van der Waals surface area contributed by atoms with Crippen LogP contribution in [0.2, 0.25) is 0 Å². The third-order valence-electron chi connectivity index (χ3n) is 3.99. The molecule has 24 heavy (non-hydrogen) atoms. The van der Waals surface area contributed by atoms with Crippen LogP contribution in [0, 0.1) is 20.8 Å². The van der Waals surface area contributed by atoms with Crippen molar-refractivity contribution in [2.45, 2.75) is 58.0 Å². The first-order chi connectivity index (χ1) is 11.3. The molecule has 0 aliphatic heterocycles. The third kappa shape index (κ3) is 3.95. The van der Waals surface area contributed by atoms with Gasteiger partial charge in [0.1, 0.15) is 11.5 Å². The first-order valence-electron chi connectivity index (χ1n) is 8.06. The van der Waals surface area contributed by atoms with Gasteiger partial charge in [-0.1, -0.05) is 13.3 Å². The summed E-state index contributed by atoms with van der Waals surface area (Å²) in [7, 11) is -2.03. The van der Waals surface area contributed by atoms with Crippen molar-refractivity contribution < 1.29 is 13.2 Å². The van der Waals surface area contributed by atoms with Gasteiger partial charge in [0.2, 0.25) is 15.0 Å². The van der Waals surface area contributed by atoms with Crippen molar-refractivity contribution in [3.63, 3.8) is 0 Å². The van der Waals surface area contributed by atoms with Crippen LogP contribution in [0.1, 0.15) is 42.5 Å². The van der Waals surface area contributed by atoms with E-state index in [0.29, 0.717) is 18.0 Å². The number of rotatable bonds is 7. The van der Waals surface area contributed by atoms with E-state index in [1.165, 1.54) is 0 Å². The fourth-order valence-electron chi connectivity index (χ4n) is 2.59. The largest absolute Gasteiger partial charge is 0.497 e. The number of methoxy groups -OCH3 is 1. The molecule has 0 aliphatic rings. The van der Waals surface area contributed by atoms with Crippen LogP contribution in [0.15, 0.2) is 17.3 Å². The SMILES string of the molecule is CCCCn1c(S(=O)(=O)Cc2cc(OC)cc(C)n2)nc(C)c1C. The number of ether oxygens (including phenoxy) is 1. The van der Waals surface area contributed by atoms with Gasteiger partial charge in [0.25, 0.3) is 0 Å². The van der Waals surface area contributed by atoms with Crippen molar-refractivity contribution in [2.75, 3.05) is 7.11 Å². The Morgan fingerprint density at radius 3 is 2.50 bits per heavy atom. The zero-order valence-corrected chi connectivity index (χ0v) is 15.8. The molecule has 0 aromatic carbocycles. The quantitative estimate of drug-likeness (QED) is 0.766. The van der Waals surface area contributed by atoms with Gasteiger partial charge in [-0.15, -0.1) is 0 Å². The Bertz CT molecular complexity index is 826. The molecule has 0 N–H and O–H groups in total. The minimum absolute atomic E-state index is 0.133. The summed E-state index contributed by atoms with van der Waals surface area (Å²) >= 11 is 0. The zero-order valence-electron chi connectivity index (χ0n) is 15.0. The second-order valence-corrected chi connectivity index (χ2v) is 7.85. The zero-order chi connectivity index (χ0) is 17.9. The summed E-state index contributed by atoms with van der Waals surface area (Å²) in [6, 6.07) is 3.43. The third-order valence-corrected chi connectivity index (χ3v) is 5.53. The highest BCUT2D eigenvalue weighted by Crippen LogP contribution is 2.22. The molecule has 132 valence electrons. The molecule has 0 amide bonds. The molecule has 2 aromatic heterocycles. The van der Waals surface area contributed by atoms with Crippen LogP contribution in [0.3, 0.4) is 0 Å². The molecule has 0 atom stereocenters. The van der Waals surface area contributed by atoms with E-state index in [1.54, 1.807) is 23.8 Å². The highest BCUT2D eigenvalue weighted by atomic mass is 32.2. The number of hydrogen-bond acceptors (Lipinski definition) is 5. The minimum Gasteiger partial charge on any atom is -0.497 e. The first-order valence-corrected chi connectivity index (χ1v) is 9.71. The van der Waals surface area contributed by atoms with Gasteiger partial charge in [-0.3, -0.25) is 4.98 Å². The molecule has 0 fully saturated rings. The van der Waals surface area contributed by atoms with Crippen molar-refractivity contribution in [3.05, 3.63) is 34.9 Å². The van der Waals surface area contributed by atoms with Gasteiger partial charge in [-0.25, -0.2) is 13.4 Å². The molecule has 0 unspecified atom stereocenters. The number of pyridine rings is 1. The summed E-state index contributed by atoms with van der Waals surface area (Å²) in [5, 5.41) is 0.133. The number of sulfone groups is 1. The van der Waals surface area contributed by atoms with Gasteiger partial charge in [0.05, 0.1) is 18.5 Å². The fourth-order valence-corrected chi connectivity index (χ4v) is 4.10. The lowest BCUT2D eigenvalue weighted by atomic mass is 10.3. The molecule has 0 spiro atoms. The van der Waals surface area contributed by atoms with E-state index in [9.17, 15) is 8.42 Å². The van der Waals surface area contributed by atoms with Gasteiger partial charge < -0.3 is 9.30 Å². The summed E-state index contributed by atoms with van der Waals surface area (Å²) in [5.41, 5.74) is 2.84. The maximum Gasteiger partial charge on any atom is 0.228 e. The van der Waals surface area contributed by atoms with Crippen LogP contribution in [0.25, 0.3) is 0 Å². The van der Waals surface area contributed by atoms with Crippen LogP contribution in [0.5, 0.6) is 5.75 Å². The fraction of sp³-hybridized carbons (Fsp3) is 0.529. The van der Waals surface area contributed by atoms with E-state index in [-0.39, 0.29) is 10.9 Å². The molecular weight excluding hydrogens is 326 g/mol. The molecule has 2 heterocycles. The number of hydrogen-bond donors (Lipinski definition) is 0. The topological polar surface area (TPSA) is 74.1 Å². The molecule has 7 heteroatoms. The van der Waals surface area contributed by atoms with E-state index in [2.05, 4.69) is 16.9 Å². The number of nitrogens with zero attached hydrogens (tertiary/aromatic N) is 3. The van der Waals surface area contributed by atoms with E-state index in [4.69, 9.17) is 4.74 Å². The van der Waals surface area contributed by atoms with Crippen LogP contribution in [0.4, 0.5) is 0 Å². The Hall–Kier alpha value is -1.89. The Morgan fingerprint density at radius 1 is 1.17 bits per heavy atom. The van der Waals surface area contributed by atoms with E-state index >= 15 is 0 Å². The average Bonchev–Trinajstić information content (AvgIpc) is 2.80. The van der Waals surface area contributed by atoms with Gasteiger partial charge in [-0.2, -0.15) is 0 Å². The minimum atomic E-state index is -3.58. The van der Waals surface area contributed by atoms with Crippen molar-refractivity contribution in [1.29, 1.82) is 0 Å². The lowest BCUT2D eigenvalue weighted by Gasteiger charge is -2.11. The molecule has 2 aromatic rings. The lowest BCUT2D eigenvalue weighted by Crippen LogP contribution is -2.15. The summed E-state index contributed by atoms with van der Waals surface area (Å²) in [5.74, 6) is 0.418. The molecule has 0 aliphatic carbocycles. The van der Waals surface area contributed by atoms with Gasteiger partial charge >= 0.3 is 0 Å². The van der Waals surface area contributed by atoms with Crippen LogP contribution >= 0.6 is 0 Å². The first kappa shape index (κ1) is 18.4. The Labute approximate surface area is 143 Å². The summed E-state index contributed by atoms with van der Waals surface area (Å²) in [4.78, 5) is 8.63. The number of imidazole rings is 1. The monoisotopic (exact) mass is 351 g/mol. The van der Waals surface area contributed by atoms with E-state index < -0.39 is 9.84 Å². The van der Waals surface area contributed by atoms with Gasteiger partial charge in [0.15, 0.2) is 0 Å². The Balaban J connectivity index is 2.41. The molecule has 0 bridgehead atoms. The highest BCUT2D eigenvalue weighted by molar-refractivity contribution is 7.90. The molecule has 0 saturated heterocycles. The molecule has 2 rings (SSSR count). The van der Waals surface area contributed by atoms with Crippen LogP contribution < -0.4 is 4.74 Å². The maximum atomic E-state index is 12.9. The second kappa shape index (κ2) is 7.34. The highest BCUT2D eigenvalue weighted by Gasteiger charge is 2.25. The van der Waals surface area contributed by atoms with Gasteiger partial charge in [-0.05, 0) is 27.2 Å². The maximum absolute atomic E-state index is 12.9. The van der Waals surface area contributed by atoms with E-state index in [0.717, 1.165) is 29.9 Å². The molecule has 0 saturated carbocycles. The number of aromatic nitrogens is 3. The van der Waals surface area contributed by atoms with E-state index in [1.807, 2.05) is 20.8 Å². The smallest absolute Gasteiger partial charge is 0.228 e. The molecule has 6 nitrogen and oxygen atoms in total. The summed E-state index contributed by atoms with van der Waals surface area (Å²) in [6.45, 7) is 8.30. The number of unbranched alkanes of at least 4 members (excludes halogenated alkanes) is 1. The number of aryl methyl sites for hydroxylation is 2. The average molecular weight is 351 g/mol. The molecule has 0 radical (unpaired) electrons. The summed E-state index contributed by atoms with van der Waals surface area (Å²) < 4.78 is 32.8. The molecular formula is C17H25N3O3S.